The van der Waals surface area contributed by atoms with E-state index in [2.05, 4.69) is 31.3 Å². The molecule has 0 radical (unpaired) electrons. The summed E-state index contributed by atoms with van der Waals surface area (Å²) in [4.78, 5) is 36.5. The molecule has 4 N–H and O–H groups in total. The van der Waals surface area contributed by atoms with Crippen LogP contribution in [-0.2, 0) is 19.1 Å². The van der Waals surface area contributed by atoms with E-state index in [-0.39, 0.29) is 18.0 Å². The monoisotopic (exact) mass is 819 g/mol. The zero-order valence-corrected chi connectivity index (χ0v) is 38.7. The van der Waals surface area contributed by atoms with Gasteiger partial charge in [-0.25, -0.2) is 4.79 Å². The van der Waals surface area contributed by atoms with Crippen LogP contribution in [0.1, 0.15) is 277 Å². The van der Waals surface area contributed by atoms with Crippen LogP contribution in [0.2, 0.25) is 0 Å². The lowest BCUT2D eigenvalue weighted by molar-refractivity contribution is -0.150. The number of carbonyl (C=O) groups excluding carboxylic acids is 2. The van der Waals surface area contributed by atoms with Crippen molar-refractivity contribution in [2.45, 2.75) is 289 Å². The van der Waals surface area contributed by atoms with E-state index in [1.807, 2.05) is 0 Å². The number of amides is 1. The number of carbonyl (C=O) groups is 3. The van der Waals surface area contributed by atoms with Gasteiger partial charge in [0.25, 0.3) is 0 Å². The molecule has 0 aromatic heterocycles. The molecule has 0 heterocycles. The van der Waals surface area contributed by atoms with Gasteiger partial charge in [0.15, 0.2) is 0 Å². The Bertz CT molecular complexity index is 925. The number of carboxylic acid groups (broad SMARTS) is 1. The fraction of sp³-hybridized carbons (Fsp3) is 0.902. The number of allylic oxidation sites excluding steroid dienone is 2. The number of unbranched alkanes of at least 4 members (excludes halogenated alkanes) is 31. The Balaban J connectivity index is 4.16. The molecule has 7 nitrogen and oxygen atoms in total. The van der Waals surface area contributed by atoms with Crippen molar-refractivity contribution in [2.24, 2.45) is 5.73 Å². The SMILES string of the molecule is CCCCCCCC/C=C\CCCC(CCCCCCCC(=O)NC(CCCN)C(=O)O)OC(=O)CCCCCCCCCCCCCCCCCCCCCCC. The number of nitrogens with two attached hydrogens (primary N) is 1. The third-order valence-corrected chi connectivity index (χ3v) is 11.8. The maximum atomic E-state index is 12.9. The molecule has 0 aliphatic carbocycles. The number of hydrogen-bond donors (Lipinski definition) is 3. The van der Waals surface area contributed by atoms with Gasteiger partial charge < -0.3 is 20.9 Å². The number of esters is 1. The fourth-order valence-corrected chi connectivity index (χ4v) is 7.98. The van der Waals surface area contributed by atoms with Crippen molar-refractivity contribution in [3.63, 3.8) is 0 Å². The van der Waals surface area contributed by atoms with Crippen LogP contribution in [0.3, 0.4) is 0 Å². The minimum Gasteiger partial charge on any atom is -0.480 e. The Morgan fingerprint density at radius 2 is 0.862 bits per heavy atom. The first-order valence-corrected chi connectivity index (χ1v) is 25.5. The minimum atomic E-state index is -1.00. The molecule has 0 aliphatic rings. The van der Waals surface area contributed by atoms with Gasteiger partial charge in [0.05, 0.1) is 0 Å². The molecule has 2 unspecified atom stereocenters. The molecular weight excluding hydrogens is 721 g/mol. The topological polar surface area (TPSA) is 119 Å². The second-order valence-corrected chi connectivity index (χ2v) is 17.6. The Kier molecular flexibility index (Phi) is 44.7. The van der Waals surface area contributed by atoms with Gasteiger partial charge in [0.2, 0.25) is 5.91 Å². The second-order valence-electron chi connectivity index (χ2n) is 17.6. The molecular formula is C51H98N2O5. The number of aliphatic carboxylic acids is 1. The van der Waals surface area contributed by atoms with Crippen molar-refractivity contribution in [1.29, 1.82) is 0 Å². The van der Waals surface area contributed by atoms with Crippen LogP contribution in [0.15, 0.2) is 12.2 Å². The van der Waals surface area contributed by atoms with E-state index in [1.165, 1.54) is 167 Å². The third kappa shape index (κ3) is 42.2. The molecule has 0 spiro atoms. The predicted octanol–water partition coefficient (Wildman–Crippen LogP) is 15.0. The number of ether oxygens (including phenoxy) is 1. The van der Waals surface area contributed by atoms with Crippen LogP contribution >= 0.6 is 0 Å². The van der Waals surface area contributed by atoms with Gasteiger partial charge in [0, 0.05) is 12.8 Å². The van der Waals surface area contributed by atoms with Gasteiger partial charge in [-0.05, 0) is 77.2 Å². The first-order valence-electron chi connectivity index (χ1n) is 25.5. The highest BCUT2D eigenvalue weighted by Gasteiger charge is 2.19. The van der Waals surface area contributed by atoms with Crippen LogP contribution in [0, 0.1) is 0 Å². The standard InChI is InChI=1S/C51H98N2O5/c1-3-5-7-9-11-13-15-16-17-18-19-20-21-22-23-24-26-28-30-35-39-45-50(55)58-47(41-36-32-29-27-25-14-12-10-8-6-4-2)42-37-33-31-34-38-44-49(54)53-48(51(56)57)43-40-46-52/h27,29,47-48H,3-26,28,30-46,52H2,1-2H3,(H,53,54)(H,56,57)/b29-27-. The number of carboxylic acids is 1. The molecule has 0 aromatic carbocycles. The van der Waals surface area contributed by atoms with E-state index in [1.54, 1.807) is 0 Å². The van der Waals surface area contributed by atoms with Crippen molar-refractivity contribution < 1.29 is 24.2 Å². The first kappa shape index (κ1) is 56.1. The first-order chi connectivity index (χ1) is 28.4. The Labute approximate surface area is 360 Å². The zero-order chi connectivity index (χ0) is 42.4. The molecule has 0 saturated carbocycles. The quantitative estimate of drug-likeness (QED) is 0.0320. The van der Waals surface area contributed by atoms with Crippen molar-refractivity contribution in [2.75, 3.05) is 6.54 Å². The van der Waals surface area contributed by atoms with E-state index in [0.717, 1.165) is 70.6 Å². The van der Waals surface area contributed by atoms with E-state index in [0.29, 0.717) is 32.2 Å². The molecule has 58 heavy (non-hydrogen) atoms. The van der Waals surface area contributed by atoms with E-state index in [9.17, 15) is 19.5 Å². The van der Waals surface area contributed by atoms with Gasteiger partial charge in [-0.2, -0.15) is 0 Å². The summed E-state index contributed by atoms with van der Waals surface area (Å²) in [6.07, 6.45) is 52.8. The highest BCUT2D eigenvalue weighted by molar-refractivity contribution is 5.83. The second kappa shape index (κ2) is 46.2. The molecule has 2 atom stereocenters. The summed E-state index contributed by atoms with van der Waals surface area (Å²) in [5.74, 6) is -1.23. The minimum absolute atomic E-state index is 0.0124. The van der Waals surface area contributed by atoms with Crippen molar-refractivity contribution in [1.82, 2.24) is 5.32 Å². The van der Waals surface area contributed by atoms with Crippen LogP contribution in [0.25, 0.3) is 0 Å². The summed E-state index contributed by atoms with van der Waals surface area (Å²) in [5, 5.41) is 12.0. The zero-order valence-electron chi connectivity index (χ0n) is 38.7. The number of rotatable bonds is 47. The van der Waals surface area contributed by atoms with Gasteiger partial charge >= 0.3 is 11.9 Å². The lowest BCUT2D eigenvalue weighted by atomic mass is 10.0. The number of hydrogen-bond acceptors (Lipinski definition) is 5. The van der Waals surface area contributed by atoms with Gasteiger partial charge in [0.1, 0.15) is 12.1 Å². The predicted molar refractivity (Wildman–Crippen MR) is 248 cm³/mol. The Morgan fingerprint density at radius 1 is 0.483 bits per heavy atom. The van der Waals surface area contributed by atoms with Gasteiger partial charge in [-0.3, -0.25) is 9.59 Å². The molecule has 0 bridgehead atoms. The van der Waals surface area contributed by atoms with Crippen molar-refractivity contribution in [3.8, 4) is 0 Å². The van der Waals surface area contributed by atoms with E-state index < -0.39 is 12.0 Å². The van der Waals surface area contributed by atoms with Crippen molar-refractivity contribution >= 4 is 17.8 Å². The average Bonchev–Trinajstić information content (AvgIpc) is 3.21. The molecule has 0 aliphatic heterocycles. The summed E-state index contributed by atoms with van der Waals surface area (Å²) in [5.41, 5.74) is 5.50. The Morgan fingerprint density at radius 3 is 1.31 bits per heavy atom. The molecule has 1 amide bonds. The smallest absolute Gasteiger partial charge is 0.326 e. The van der Waals surface area contributed by atoms with E-state index in [4.69, 9.17) is 10.5 Å². The van der Waals surface area contributed by atoms with E-state index >= 15 is 0 Å². The highest BCUT2D eigenvalue weighted by Crippen LogP contribution is 2.19. The molecule has 0 aromatic rings. The third-order valence-electron chi connectivity index (χ3n) is 11.8. The van der Waals surface area contributed by atoms with Gasteiger partial charge in [-0.15, -0.1) is 0 Å². The normalized spacial score (nSPS) is 12.6. The molecule has 342 valence electrons. The van der Waals surface area contributed by atoms with Crippen LogP contribution in [0.4, 0.5) is 0 Å². The van der Waals surface area contributed by atoms with Crippen LogP contribution < -0.4 is 11.1 Å². The summed E-state index contributed by atoms with van der Waals surface area (Å²) >= 11 is 0. The highest BCUT2D eigenvalue weighted by atomic mass is 16.5. The van der Waals surface area contributed by atoms with Crippen molar-refractivity contribution in [3.05, 3.63) is 12.2 Å². The largest absolute Gasteiger partial charge is 0.480 e. The lowest BCUT2D eigenvalue weighted by Crippen LogP contribution is -2.40. The molecule has 7 heteroatoms. The average molecular weight is 819 g/mol. The fourth-order valence-electron chi connectivity index (χ4n) is 7.98. The molecule has 0 rings (SSSR count). The van der Waals surface area contributed by atoms with Crippen LogP contribution in [0.5, 0.6) is 0 Å². The molecule has 0 saturated heterocycles. The lowest BCUT2D eigenvalue weighted by Gasteiger charge is -2.18. The maximum absolute atomic E-state index is 12.9. The maximum Gasteiger partial charge on any atom is 0.326 e. The summed E-state index contributed by atoms with van der Waals surface area (Å²) in [6.45, 7) is 4.97. The molecule has 0 fully saturated rings. The number of nitrogens with one attached hydrogen (secondary N) is 1. The summed E-state index contributed by atoms with van der Waals surface area (Å²) in [6, 6.07) is -0.857. The summed E-state index contributed by atoms with van der Waals surface area (Å²) in [7, 11) is 0. The van der Waals surface area contributed by atoms with Gasteiger partial charge in [-0.1, -0.05) is 206 Å². The Hall–Kier alpha value is -1.89. The summed E-state index contributed by atoms with van der Waals surface area (Å²) < 4.78 is 6.06. The van der Waals surface area contributed by atoms with Crippen LogP contribution in [-0.4, -0.2) is 41.6 Å².